The summed E-state index contributed by atoms with van der Waals surface area (Å²) in [5, 5.41) is 11.7. The van der Waals surface area contributed by atoms with E-state index in [1.54, 1.807) is 18.1 Å². The normalized spacial score (nSPS) is 10.9. The van der Waals surface area contributed by atoms with Crippen LogP contribution in [0.2, 0.25) is 0 Å². The molecular formula is C11H18N6O. The summed E-state index contributed by atoms with van der Waals surface area (Å²) in [6, 6.07) is 2.14. The zero-order chi connectivity index (χ0) is 13.1. The fourth-order valence-corrected chi connectivity index (χ4v) is 1.73. The first kappa shape index (κ1) is 12.4. The van der Waals surface area contributed by atoms with Crippen molar-refractivity contribution in [3.8, 4) is 5.88 Å². The van der Waals surface area contributed by atoms with Crippen molar-refractivity contribution in [3.63, 3.8) is 0 Å². The van der Waals surface area contributed by atoms with Crippen LogP contribution in [0.1, 0.15) is 25.7 Å². The molecule has 18 heavy (non-hydrogen) atoms. The van der Waals surface area contributed by atoms with E-state index in [1.807, 2.05) is 17.8 Å². The van der Waals surface area contributed by atoms with Gasteiger partial charge in [0.05, 0.1) is 13.7 Å². The standard InChI is InChI=1S/C11H18N6O/c1-8(2)17-10(13-7-14-17)6-12-9-5-11(18-4)16(3)15-9/h5,7-8H,6H2,1-4H3,(H,12,15). The second-order valence-electron chi connectivity index (χ2n) is 4.26. The number of nitrogens with zero attached hydrogens (tertiary/aromatic N) is 5. The summed E-state index contributed by atoms with van der Waals surface area (Å²) in [6.45, 7) is 4.72. The zero-order valence-corrected chi connectivity index (χ0v) is 11.1. The van der Waals surface area contributed by atoms with Crippen molar-refractivity contribution in [2.24, 2.45) is 7.05 Å². The Balaban J connectivity index is 2.04. The van der Waals surface area contributed by atoms with E-state index in [9.17, 15) is 0 Å². The van der Waals surface area contributed by atoms with Crippen molar-refractivity contribution < 1.29 is 4.74 Å². The van der Waals surface area contributed by atoms with Crippen molar-refractivity contribution in [2.45, 2.75) is 26.4 Å². The third-order valence-corrected chi connectivity index (χ3v) is 2.61. The fourth-order valence-electron chi connectivity index (χ4n) is 1.73. The Hall–Kier alpha value is -2.05. The summed E-state index contributed by atoms with van der Waals surface area (Å²) in [7, 11) is 3.46. The molecular weight excluding hydrogens is 232 g/mol. The van der Waals surface area contributed by atoms with Crippen LogP contribution >= 0.6 is 0 Å². The number of hydrogen-bond donors (Lipinski definition) is 1. The van der Waals surface area contributed by atoms with E-state index < -0.39 is 0 Å². The second-order valence-corrected chi connectivity index (χ2v) is 4.26. The van der Waals surface area contributed by atoms with Gasteiger partial charge in [0.1, 0.15) is 12.2 Å². The van der Waals surface area contributed by atoms with E-state index in [0.717, 1.165) is 11.6 Å². The molecule has 0 amide bonds. The van der Waals surface area contributed by atoms with E-state index in [1.165, 1.54) is 0 Å². The van der Waals surface area contributed by atoms with Crippen molar-refractivity contribution in [1.29, 1.82) is 0 Å². The van der Waals surface area contributed by atoms with Crippen LogP contribution < -0.4 is 10.1 Å². The quantitative estimate of drug-likeness (QED) is 0.863. The smallest absolute Gasteiger partial charge is 0.213 e. The van der Waals surface area contributed by atoms with Crippen LogP contribution in [0.3, 0.4) is 0 Å². The van der Waals surface area contributed by atoms with Crippen LogP contribution in [0.25, 0.3) is 0 Å². The van der Waals surface area contributed by atoms with Crippen LogP contribution in [0.15, 0.2) is 12.4 Å². The van der Waals surface area contributed by atoms with Gasteiger partial charge < -0.3 is 10.1 Å². The average Bonchev–Trinajstić information content (AvgIpc) is 2.92. The molecule has 2 aromatic rings. The lowest BCUT2D eigenvalue weighted by molar-refractivity contribution is 0.373. The van der Waals surface area contributed by atoms with Gasteiger partial charge in [0.2, 0.25) is 5.88 Å². The number of ether oxygens (including phenoxy) is 1. The molecule has 0 aliphatic rings. The third kappa shape index (κ3) is 2.44. The maximum absolute atomic E-state index is 5.15. The predicted octanol–water partition coefficient (Wildman–Crippen LogP) is 1.21. The Bertz CT molecular complexity index is 515. The number of anilines is 1. The lowest BCUT2D eigenvalue weighted by atomic mass is 10.4. The molecule has 0 fully saturated rings. The SMILES string of the molecule is COc1cc(NCc2ncnn2C(C)C)nn1C. The Morgan fingerprint density at radius 2 is 2.22 bits per heavy atom. The van der Waals surface area contributed by atoms with Gasteiger partial charge in [-0.1, -0.05) is 0 Å². The molecule has 1 N–H and O–H groups in total. The molecule has 0 aliphatic heterocycles. The molecule has 0 saturated heterocycles. The Kier molecular flexibility index (Phi) is 3.50. The molecule has 0 atom stereocenters. The number of nitrogens with one attached hydrogen (secondary N) is 1. The van der Waals surface area contributed by atoms with Crippen molar-refractivity contribution in [3.05, 3.63) is 18.2 Å². The first-order chi connectivity index (χ1) is 8.61. The number of rotatable bonds is 5. The molecule has 0 unspecified atom stereocenters. The average molecular weight is 250 g/mol. The van der Waals surface area contributed by atoms with Crippen LogP contribution in [0.5, 0.6) is 5.88 Å². The van der Waals surface area contributed by atoms with Gasteiger partial charge in [-0.25, -0.2) is 14.3 Å². The first-order valence-corrected chi connectivity index (χ1v) is 5.82. The molecule has 2 aromatic heterocycles. The van der Waals surface area contributed by atoms with Gasteiger partial charge in [-0.2, -0.15) is 10.2 Å². The van der Waals surface area contributed by atoms with Crippen molar-refractivity contribution in [1.82, 2.24) is 24.5 Å². The summed E-state index contributed by atoms with van der Waals surface area (Å²) in [6.07, 6.45) is 1.57. The summed E-state index contributed by atoms with van der Waals surface area (Å²) < 4.78 is 8.71. The van der Waals surface area contributed by atoms with E-state index in [2.05, 4.69) is 34.3 Å². The van der Waals surface area contributed by atoms with Gasteiger partial charge in [-0.3, -0.25) is 0 Å². The molecule has 0 saturated carbocycles. The summed E-state index contributed by atoms with van der Waals surface area (Å²) in [4.78, 5) is 4.23. The van der Waals surface area contributed by atoms with E-state index in [-0.39, 0.29) is 0 Å². The lowest BCUT2D eigenvalue weighted by Crippen LogP contribution is -2.12. The van der Waals surface area contributed by atoms with Crippen LogP contribution in [0, 0.1) is 0 Å². The van der Waals surface area contributed by atoms with Crippen LogP contribution in [-0.4, -0.2) is 31.7 Å². The van der Waals surface area contributed by atoms with Gasteiger partial charge in [0.15, 0.2) is 5.82 Å². The van der Waals surface area contributed by atoms with E-state index in [4.69, 9.17) is 4.74 Å². The van der Waals surface area contributed by atoms with Crippen molar-refractivity contribution in [2.75, 3.05) is 12.4 Å². The van der Waals surface area contributed by atoms with Crippen molar-refractivity contribution >= 4 is 5.82 Å². The third-order valence-electron chi connectivity index (χ3n) is 2.61. The zero-order valence-electron chi connectivity index (χ0n) is 11.1. The highest BCUT2D eigenvalue weighted by molar-refractivity contribution is 5.38. The highest BCUT2D eigenvalue weighted by atomic mass is 16.5. The van der Waals surface area contributed by atoms with Gasteiger partial charge in [0, 0.05) is 19.2 Å². The minimum Gasteiger partial charge on any atom is -0.481 e. The number of hydrogen-bond acceptors (Lipinski definition) is 5. The highest BCUT2D eigenvalue weighted by Gasteiger charge is 2.09. The summed E-state index contributed by atoms with van der Waals surface area (Å²) in [5.74, 6) is 2.35. The van der Waals surface area contributed by atoms with E-state index >= 15 is 0 Å². The molecule has 0 bridgehead atoms. The monoisotopic (exact) mass is 250 g/mol. The topological polar surface area (TPSA) is 69.8 Å². The Morgan fingerprint density at radius 1 is 1.44 bits per heavy atom. The molecule has 0 spiro atoms. The maximum Gasteiger partial charge on any atom is 0.213 e. The Morgan fingerprint density at radius 3 is 2.83 bits per heavy atom. The highest BCUT2D eigenvalue weighted by Crippen LogP contribution is 2.16. The molecule has 7 heteroatoms. The molecule has 98 valence electrons. The van der Waals surface area contributed by atoms with Crippen LogP contribution in [-0.2, 0) is 13.6 Å². The largest absolute Gasteiger partial charge is 0.481 e. The summed E-state index contributed by atoms with van der Waals surface area (Å²) >= 11 is 0. The molecule has 0 radical (unpaired) electrons. The number of methoxy groups -OCH3 is 1. The lowest BCUT2D eigenvalue weighted by Gasteiger charge is -2.09. The molecule has 0 aliphatic carbocycles. The predicted molar refractivity (Wildman–Crippen MR) is 67.5 cm³/mol. The minimum absolute atomic E-state index is 0.294. The molecule has 0 aromatic carbocycles. The van der Waals surface area contributed by atoms with Gasteiger partial charge in [0.25, 0.3) is 0 Å². The van der Waals surface area contributed by atoms with E-state index in [0.29, 0.717) is 18.5 Å². The van der Waals surface area contributed by atoms with Gasteiger partial charge in [-0.15, -0.1) is 0 Å². The molecule has 2 heterocycles. The minimum atomic E-state index is 0.294. The fraction of sp³-hybridized carbons (Fsp3) is 0.545. The number of aryl methyl sites for hydroxylation is 1. The first-order valence-electron chi connectivity index (χ1n) is 5.82. The molecule has 2 rings (SSSR count). The molecule has 7 nitrogen and oxygen atoms in total. The summed E-state index contributed by atoms with van der Waals surface area (Å²) in [5.41, 5.74) is 0. The van der Waals surface area contributed by atoms with Crippen LogP contribution in [0.4, 0.5) is 5.82 Å². The Labute approximate surface area is 106 Å². The second kappa shape index (κ2) is 5.07. The van der Waals surface area contributed by atoms with Gasteiger partial charge >= 0.3 is 0 Å². The maximum atomic E-state index is 5.15. The number of aromatic nitrogens is 5. The van der Waals surface area contributed by atoms with Gasteiger partial charge in [-0.05, 0) is 13.8 Å².